The lowest BCUT2D eigenvalue weighted by molar-refractivity contribution is -0.108. The van der Waals surface area contributed by atoms with Gasteiger partial charge in [0, 0.05) is 18.2 Å². The summed E-state index contributed by atoms with van der Waals surface area (Å²) in [6.45, 7) is 0.0597. The van der Waals surface area contributed by atoms with Gasteiger partial charge in [-0.1, -0.05) is 0 Å². The summed E-state index contributed by atoms with van der Waals surface area (Å²) in [4.78, 5) is 31.1. The summed E-state index contributed by atoms with van der Waals surface area (Å²) >= 11 is 0. The zero-order valence-electron chi connectivity index (χ0n) is 15.2. The van der Waals surface area contributed by atoms with Crippen LogP contribution >= 0.6 is 0 Å². The highest BCUT2D eigenvalue weighted by molar-refractivity contribution is 5.92. The SMILES string of the molecule is NCC(C=O)Nc1cc(C(N)=O)nc(-c2ccc(Oc3ccc(F)cc3)cc2)n1. The highest BCUT2D eigenvalue weighted by Gasteiger charge is 2.13. The number of ether oxygens (including phenoxy) is 1. The van der Waals surface area contributed by atoms with Crippen molar-refractivity contribution in [1.82, 2.24) is 9.97 Å². The first-order valence-electron chi connectivity index (χ1n) is 8.63. The van der Waals surface area contributed by atoms with E-state index in [1.54, 1.807) is 24.3 Å². The van der Waals surface area contributed by atoms with Gasteiger partial charge in [0.05, 0.1) is 6.04 Å². The molecule has 0 radical (unpaired) electrons. The molecule has 8 nitrogen and oxygen atoms in total. The second-order valence-electron chi connectivity index (χ2n) is 6.03. The molecule has 0 aliphatic carbocycles. The van der Waals surface area contributed by atoms with E-state index in [9.17, 15) is 14.0 Å². The third kappa shape index (κ3) is 5.11. The fourth-order valence-electron chi connectivity index (χ4n) is 2.43. The topological polar surface area (TPSA) is 133 Å². The van der Waals surface area contributed by atoms with E-state index in [0.717, 1.165) is 0 Å². The summed E-state index contributed by atoms with van der Waals surface area (Å²) in [6, 6.07) is 13.1. The van der Waals surface area contributed by atoms with Crippen molar-refractivity contribution in [1.29, 1.82) is 0 Å². The number of rotatable bonds is 8. The van der Waals surface area contributed by atoms with Crippen LogP contribution in [0.4, 0.5) is 10.2 Å². The van der Waals surface area contributed by atoms with Crippen molar-refractivity contribution in [3.05, 3.63) is 66.1 Å². The van der Waals surface area contributed by atoms with Crippen molar-refractivity contribution in [3.8, 4) is 22.9 Å². The van der Waals surface area contributed by atoms with E-state index < -0.39 is 11.9 Å². The lowest BCUT2D eigenvalue weighted by Gasteiger charge is -2.13. The summed E-state index contributed by atoms with van der Waals surface area (Å²) in [5, 5.41) is 2.83. The molecule has 0 aliphatic heterocycles. The van der Waals surface area contributed by atoms with Crippen molar-refractivity contribution in [2.45, 2.75) is 6.04 Å². The molecule has 3 rings (SSSR count). The van der Waals surface area contributed by atoms with Gasteiger partial charge in [0.2, 0.25) is 0 Å². The molecule has 0 fully saturated rings. The number of benzene rings is 2. The van der Waals surface area contributed by atoms with E-state index in [1.165, 1.54) is 30.3 Å². The maximum Gasteiger partial charge on any atom is 0.267 e. The predicted octanol–water partition coefficient (Wildman–Crippen LogP) is 2.11. The number of nitrogens with two attached hydrogens (primary N) is 2. The maximum atomic E-state index is 13.0. The fourth-order valence-corrected chi connectivity index (χ4v) is 2.43. The summed E-state index contributed by atoms with van der Waals surface area (Å²) in [5.41, 5.74) is 11.4. The normalized spacial score (nSPS) is 11.5. The number of primary amides is 1. The molecule has 1 amide bonds. The molecule has 148 valence electrons. The minimum Gasteiger partial charge on any atom is -0.457 e. The molecule has 29 heavy (non-hydrogen) atoms. The molecule has 1 atom stereocenters. The number of carbonyl (C=O) groups excluding carboxylic acids is 2. The molecule has 9 heteroatoms. The largest absolute Gasteiger partial charge is 0.457 e. The Morgan fingerprint density at radius 2 is 1.72 bits per heavy atom. The number of nitrogens with zero attached hydrogens (tertiary/aromatic N) is 2. The Labute approximate surface area is 165 Å². The minimum absolute atomic E-state index is 0.00851. The number of halogens is 1. The summed E-state index contributed by atoms with van der Waals surface area (Å²) in [6.07, 6.45) is 0.646. The van der Waals surface area contributed by atoms with Crippen molar-refractivity contribution in [2.24, 2.45) is 11.5 Å². The lowest BCUT2D eigenvalue weighted by atomic mass is 10.2. The molecule has 2 aromatic carbocycles. The Morgan fingerprint density at radius 1 is 1.10 bits per heavy atom. The molecule has 0 saturated heterocycles. The molecule has 3 aromatic rings. The Balaban J connectivity index is 1.86. The summed E-state index contributed by atoms with van der Waals surface area (Å²) in [7, 11) is 0. The van der Waals surface area contributed by atoms with Gasteiger partial charge in [-0.2, -0.15) is 0 Å². The van der Waals surface area contributed by atoms with Crippen LogP contribution in [-0.2, 0) is 4.79 Å². The van der Waals surface area contributed by atoms with Crippen LogP contribution in [0.3, 0.4) is 0 Å². The molecular formula is C20H18FN5O3. The number of aromatic nitrogens is 2. The number of hydrogen-bond donors (Lipinski definition) is 3. The van der Waals surface area contributed by atoms with Crippen LogP contribution in [0.15, 0.2) is 54.6 Å². The van der Waals surface area contributed by atoms with Gasteiger partial charge < -0.3 is 26.3 Å². The number of carbonyl (C=O) groups is 2. The molecule has 5 N–H and O–H groups in total. The molecule has 0 spiro atoms. The van der Waals surface area contributed by atoms with Crippen LogP contribution in [0.5, 0.6) is 11.5 Å². The van der Waals surface area contributed by atoms with E-state index >= 15 is 0 Å². The first-order chi connectivity index (χ1) is 14.0. The van der Waals surface area contributed by atoms with E-state index in [4.69, 9.17) is 16.2 Å². The Bertz CT molecular complexity index is 1010. The summed E-state index contributed by atoms with van der Waals surface area (Å²) in [5.74, 6) is 0.406. The first kappa shape index (κ1) is 19.9. The number of anilines is 1. The minimum atomic E-state index is -0.733. The van der Waals surface area contributed by atoms with E-state index in [-0.39, 0.29) is 29.7 Å². The average molecular weight is 395 g/mol. The highest BCUT2D eigenvalue weighted by atomic mass is 19.1. The number of hydrogen-bond acceptors (Lipinski definition) is 7. The van der Waals surface area contributed by atoms with Crippen LogP contribution in [0.1, 0.15) is 10.5 Å². The van der Waals surface area contributed by atoms with Gasteiger partial charge in [-0.05, 0) is 48.5 Å². The van der Waals surface area contributed by atoms with Crippen LogP contribution < -0.4 is 21.5 Å². The average Bonchev–Trinajstić information content (AvgIpc) is 2.74. The third-order valence-electron chi connectivity index (χ3n) is 3.89. The van der Waals surface area contributed by atoms with E-state index in [1.807, 2.05) is 0 Å². The van der Waals surface area contributed by atoms with Crippen LogP contribution in [0.2, 0.25) is 0 Å². The Morgan fingerprint density at radius 3 is 2.28 bits per heavy atom. The van der Waals surface area contributed by atoms with Gasteiger partial charge in [-0.25, -0.2) is 14.4 Å². The predicted molar refractivity (Wildman–Crippen MR) is 105 cm³/mol. The molecule has 1 unspecified atom stereocenters. The van der Waals surface area contributed by atoms with Gasteiger partial charge in [-0.15, -0.1) is 0 Å². The molecule has 0 bridgehead atoms. The van der Waals surface area contributed by atoms with E-state index in [2.05, 4.69) is 15.3 Å². The van der Waals surface area contributed by atoms with Gasteiger partial charge in [0.15, 0.2) is 5.82 Å². The Hall–Kier alpha value is -3.85. The monoisotopic (exact) mass is 395 g/mol. The summed E-state index contributed by atoms with van der Waals surface area (Å²) < 4.78 is 18.6. The van der Waals surface area contributed by atoms with Gasteiger partial charge in [-0.3, -0.25) is 4.79 Å². The molecule has 0 aliphatic rings. The van der Waals surface area contributed by atoms with E-state index in [0.29, 0.717) is 23.3 Å². The quantitative estimate of drug-likeness (QED) is 0.497. The van der Waals surface area contributed by atoms with Gasteiger partial charge >= 0.3 is 0 Å². The maximum absolute atomic E-state index is 13.0. The van der Waals surface area contributed by atoms with Gasteiger partial charge in [0.1, 0.15) is 35.1 Å². The standard InChI is InChI=1S/C20H18FN5O3/c21-13-3-7-16(8-4-13)29-15-5-1-12(2-6-15)20-25-17(19(23)28)9-18(26-20)24-14(10-22)11-27/h1-9,11,14H,10,22H2,(H2,23,28)(H,24,25,26). The number of nitrogens with one attached hydrogen (secondary N) is 1. The van der Waals surface area contributed by atoms with Crippen molar-refractivity contribution in [2.75, 3.05) is 11.9 Å². The van der Waals surface area contributed by atoms with Crippen LogP contribution in [0.25, 0.3) is 11.4 Å². The molecule has 1 aromatic heterocycles. The smallest absolute Gasteiger partial charge is 0.267 e. The van der Waals surface area contributed by atoms with Crippen molar-refractivity contribution >= 4 is 18.0 Å². The molecular weight excluding hydrogens is 377 g/mol. The van der Waals surface area contributed by atoms with Crippen molar-refractivity contribution < 1.29 is 18.7 Å². The zero-order valence-corrected chi connectivity index (χ0v) is 15.2. The fraction of sp³-hybridized carbons (Fsp3) is 0.100. The first-order valence-corrected chi connectivity index (χ1v) is 8.63. The van der Waals surface area contributed by atoms with Crippen LogP contribution in [0, 0.1) is 5.82 Å². The second kappa shape index (κ2) is 8.89. The zero-order chi connectivity index (χ0) is 20.8. The Kier molecular flexibility index (Phi) is 6.10. The molecule has 0 saturated carbocycles. The van der Waals surface area contributed by atoms with Crippen LogP contribution in [-0.4, -0.2) is 34.7 Å². The highest BCUT2D eigenvalue weighted by Crippen LogP contribution is 2.25. The van der Waals surface area contributed by atoms with Gasteiger partial charge in [0.25, 0.3) is 5.91 Å². The number of amides is 1. The number of aldehydes is 1. The lowest BCUT2D eigenvalue weighted by Crippen LogP contribution is -2.30. The van der Waals surface area contributed by atoms with Crippen molar-refractivity contribution in [3.63, 3.8) is 0 Å². The third-order valence-corrected chi connectivity index (χ3v) is 3.89. The molecule has 1 heterocycles. The second-order valence-corrected chi connectivity index (χ2v) is 6.03.